The number of morpholine rings is 1. The second-order valence-electron chi connectivity index (χ2n) is 7.21. The molecule has 2 rings (SSSR count). The normalized spacial score (nSPS) is 25.0. The Morgan fingerprint density at radius 1 is 0.929 bits per heavy atom. The molecule has 0 aromatic rings. The summed E-state index contributed by atoms with van der Waals surface area (Å²) in [7, 11) is -8.48. The van der Waals surface area contributed by atoms with Crippen LogP contribution >= 0.6 is 0 Å². The number of aliphatic hydroxyl groups is 1. The Balaban J connectivity index is 2.09. The predicted molar refractivity (Wildman–Crippen MR) is 103 cm³/mol. The maximum atomic E-state index is 12.1. The average Bonchev–Trinajstić information content (AvgIpc) is 2.61. The molecule has 0 aliphatic carbocycles. The lowest BCUT2D eigenvalue weighted by Gasteiger charge is -2.44. The quantitative estimate of drug-likeness (QED) is 0.316. The van der Waals surface area contributed by atoms with E-state index < -0.39 is 37.3 Å². The number of rotatable bonds is 10. The van der Waals surface area contributed by atoms with Crippen molar-refractivity contribution in [2.75, 3.05) is 77.9 Å². The van der Waals surface area contributed by atoms with Gasteiger partial charge in [0.25, 0.3) is 20.2 Å². The molecule has 2 unspecified atom stereocenters. The summed E-state index contributed by atoms with van der Waals surface area (Å²) in [6.07, 6.45) is 0.220. The molecule has 0 radical (unpaired) electrons. The Bertz CT molecular complexity index is 681. The standard InChI is InChI=1S/C15H31N3O8S2/c19-9-5-18-4-3-17(8-12-27(20,21)22)13-14(18)15(28(23,24)25)1-2-16-6-10-26-11-7-16/h14-15,19H,1-13H2,(H,20,21,22)(H,23,24,25). The van der Waals surface area contributed by atoms with E-state index in [1.54, 1.807) is 4.90 Å². The number of ether oxygens (including phenoxy) is 1. The van der Waals surface area contributed by atoms with Crippen LogP contribution in [0.1, 0.15) is 6.42 Å². The Morgan fingerprint density at radius 3 is 2.18 bits per heavy atom. The van der Waals surface area contributed by atoms with E-state index in [1.165, 1.54) is 0 Å². The summed E-state index contributed by atoms with van der Waals surface area (Å²) in [5, 5.41) is 8.27. The summed E-state index contributed by atoms with van der Waals surface area (Å²) in [5.41, 5.74) is 0. The van der Waals surface area contributed by atoms with Gasteiger partial charge in [-0.15, -0.1) is 0 Å². The van der Waals surface area contributed by atoms with Gasteiger partial charge in [0.1, 0.15) is 5.25 Å². The molecular formula is C15H31N3O8S2. The Kier molecular flexibility index (Phi) is 9.04. The van der Waals surface area contributed by atoms with Gasteiger partial charge in [0, 0.05) is 51.9 Å². The van der Waals surface area contributed by atoms with Crippen LogP contribution in [0.2, 0.25) is 0 Å². The van der Waals surface area contributed by atoms with Crippen molar-refractivity contribution in [3.63, 3.8) is 0 Å². The molecule has 0 spiro atoms. The topological polar surface area (TPSA) is 148 Å². The summed E-state index contributed by atoms with van der Waals surface area (Å²) in [4.78, 5) is 5.66. The molecular weight excluding hydrogens is 414 g/mol. The second kappa shape index (κ2) is 10.6. The minimum Gasteiger partial charge on any atom is -0.395 e. The molecule has 0 aromatic carbocycles. The molecule has 0 amide bonds. The molecule has 2 atom stereocenters. The maximum Gasteiger partial charge on any atom is 0.269 e. The van der Waals surface area contributed by atoms with Gasteiger partial charge in [-0.25, -0.2) is 0 Å². The number of β-amino-alcohol motifs (C(OH)–C–C–N with tert-alkyl or cyclic N) is 1. The molecule has 2 aliphatic rings. The second-order valence-corrected chi connectivity index (χ2v) is 10.4. The van der Waals surface area contributed by atoms with Crippen LogP contribution < -0.4 is 0 Å². The van der Waals surface area contributed by atoms with E-state index in [2.05, 4.69) is 4.90 Å². The smallest absolute Gasteiger partial charge is 0.269 e. The van der Waals surface area contributed by atoms with Gasteiger partial charge in [0.15, 0.2) is 0 Å². The molecule has 2 fully saturated rings. The van der Waals surface area contributed by atoms with Gasteiger partial charge in [-0.2, -0.15) is 16.8 Å². The van der Waals surface area contributed by atoms with Gasteiger partial charge in [0.05, 0.1) is 25.6 Å². The van der Waals surface area contributed by atoms with Crippen LogP contribution in [0.15, 0.2) is 0 Å². The van der Waals surface area contributed by atoms with E-state index in [4.69, 9.17) is 9.29 Å². The molecule has 11 nitrogen and oxygen atoms in total. The molecule has 2 saturated heterocycles. The van der Waals surface area contributed by atoms with Crippen LogP contribution in [0.4, 0.5) is 0 Å². The number of hydrogen-bond acceptors (Lipinski definition) is 9. The fourth-order valence-corrected chi connectivity index (χ4v) is 5.34. The fraction of sp³-hybridized carbons (Fsp3) is 1.00. The predicted octanol–water partition coefficient (Wildman–Crippen LogP) is -2.17. The lowest BCUT2D eigenvalue weighted by molar-refractivity contribution is 0.0315. The molecule has 28 heavy (non-hydrogen) atoms. The number of hydrogen-bond donors (Lipinski definition) is 3. The summed E-state index contributed by atoms with van der Waals surface area (Å²) in [6.45, 7) is 4.38. The average molecular weight is 446 g/mol. The molecule has 13 heteroatoms. The SMILES string of the molecule is O=S(=O)(O)CCN1CCN(CCO)C(C(CCN2CCOCC2)S(=O)(=O)O)C1. The third-order valence-corrected chi connectivity index (χ3v) is 7.33. The van der Waals surface area contributed by atoms with Crippen LogP contribution in [0.25, 0.3) is 0 Å². The molecule has 2 aliphatic heterocycles. The zero-order chi connectivity index (χ0) is 20.8. The number of aliphatic hydroxyl groups excluding tert-OH is 1. The fourth-order valence-electron chi connectivity index (χ4n) is 3.79. The zero-order valence-electron chi connectivity index (χ0n) is 15.9. The number of nitrogens with zero attached hydrogens (tertiary/aromatic N) is 3. The first-order chi connectivity index (χ1) is 13.1. The third-order valence-electron chi connectivity index (χ3n) is 5.32. The van der Waals surface area contributed by atoms with Crippen molar-refractivity contribution in [1.82, 2.24) is 14.7 Å². The van der Waals surface area contributed by atoms with Crippen molar-refractivity contribution >= 4 is 20.2 Å². The molecule has 0 aromatic heterocycles. The van der Waals surface area contributed by atoms with Gasteiger partial charge in [0.2, 0.25) is 0 Å². The summed E-state index contributed by atoms with van der Waals surface area (Å²) >= 11 is 0. The monoisotopic (exact) mass is 445 g/mol. The first-order valence-electron chi connectivity index (χ1n) is 9.39. The molecule has 0 bridgehead atoms. The highest BCUT2D eigenvalue weighted by molar-refractivity contribution is 7.86. The van der Waals surface area contributed by atoms with Gasteiger partial charge >= 0.3 is 0 Å². The minimum atomic E-state index is -4.36. The van der Waals surface area contributed by atoms with Crippen LogP contribution in [-0.2, 0) is 25.0 Å². The molecule has 3 N–H and O–H groups in total. The van der Waals surface area contributed by atoms with E-state index in [0.29, 0.717) is 45.9 Å². The largest absolute Gasteiger partial charge is 0.395 e. The van der Waals surface area contributed by atoms with Crippen LogP contribution in [0.5, 0.6) is 0 Å². The minimum absolute atomic E-state index is 0.0734. The molecule has 2 heterocycles. The highest BCUT2D eigenvalue weighted by Gasteiger charge is 2.39. The van der Waals surface area contributed by atoms with E-state index in [9.17, 15) is 26.5 Å². The summed E-state index contributed by atoms with van der Waals surface area (Å²) < 4.78 is 70.5. The lowest BCUT2D eigenvalue weighted by atomic mass is 10.0. The van der Waals surface area contributed by atoms with Crippen molar-refractivity contribution in [2.24, 2.45) is 0 Å². The van der Waals surface area contributed by atoms with Crippen molar-refractivity contribution in [3.05, 3.63) is 0 Å². The van der Waals surface area contributed by atoms with Gasteiger partial charge in [-0.05, 0) is 13.0 Å². The van der Waals surface area contributed by atoms with E-state index in [-0.39, 0.29) is 32.7 Å². The van der Waals surface area contributed by atoms with E-state index in [1.807, 2.05) is 4.90 Å². The summed E-state index contributed by atoms with van der Waals surface area (Å²) in [6, 6.07) is -0.585. The van der Waals surface area contributed by atoms with Gasteiger partial charge in [-0.3, -0.25) is 23.8 Å². The van der Waals surface area contributed by atoms with Crippen molar-refractivity contribution < 1.29 is 35.8 Å². The zero-order valence-corrected chi connectivity index (χ0v) is 17.5. The Morgan fingerprint density at radius 2 is 1.61 bits per heavy atom. The summed E-state index contributed by atoms with van der Waals surface area (Å²) in [5.74, 6) is -0.440. The van der Waals surface area contributed by atoms with Crippen molar-refractivity contribution in [3.8, 4) is 0 Å². The lowest BCUT2D eigenvalue weighted by Crippen LogP contribution is -2.60. The highest BCUT2D eigenvalue weighted by Crippen LogP contribution is 2.21. The van der Waals surface area contributed by atoms with E-state index in [0.717, 1.165) is 0 Å². The van der Waals surface area contributed by atoms with Crippen molar-refractivity contribution in [2.45, 2.75) is 17.7 Å². The molecule has 0 saturated carbocycles. The highest BCUT2D eigenvalue weighted by atomic mass is 32.2. The Hall–Kier alpha value is -0.380. The molecule has 166 valence electrons. The first-order valence-corrected chi connectivity index (χ1v) is 12.5. The van der Waals surface area contributed by atoms with Crippen LogP contribution in [-0.4, -0.2) is 135 Å². The van der Waals surface area contributed by atoms with E-state index >= 15 is 0 Å². The van der Waals surface area contributed by atoms with Crippen LogP contribution in [0.3, 0.4) is 0 Å². The first kappa shape index (κ1) is 23.9. The van der Waals surface area contributed by atoms with Gasteiger partial charge in [-0.1, -0.05) is 0 Å². The number of piperazine rings is 1. The third kappa shape index (κ3) is 7.80. The van der Waals surface area contributed by atoms with Crippen LogP contribution in [0, 0.1) is 0 Å². The maximum absolute atomic E-state index is 12.1. The van der Waals surface area contributed by atoms with Crippen molar-refractivity contribution in [1.29, 1.82) is 0 Å². The van der Waals surface area contributed by atoms with Gasteiger partial charge < -0.3 is 9.84 Å². The Labute approximate surface area is 166 Å².